The number of nitrogens with zero attached hydrogens (tertiary/aromatic N) is 3. The highest BCUT2D eigenvalue weighted by atomic mass is 79.9. The van der Waals surface area contributed by atoms with Gasteiger partial charge in [-0.3, -0.25) is 4.79 Å². The maximum absolute atomic E-state index is 12.2. The van der Waals surface area contributed by atoms with Crippen LogP contribution in [0.1, 0.15) is 21.1 Å². The van der Waals surface area contributed by atoms with Crippen molar-refractivity contribution >= 4 is 33.2 Å². The van der Waals surface area contributed by atoms with Gasteiger partial charge in [0.2, 0.25) is 0 Å². The zero-order chi connectivity index (χ0) is 13.8. The van der Waals surface area contributed by atoms with E-state index in [1.54, 1.807) is 41.5 Å². The summed E-state index contributed by atoms with van der Waals surface area (Å²) in [6.07, 6.45) is 0. The average molecular weight is 336 g/mol. The highest BCUT2D eigenvalue weighted by molar-refractivity contribution is 9.10. The number of carbonyl (C=O) groups excluding carboxylic acids is 1. The van der Waals surface area contributed by atoms with Crippen LogP contribution < -0.4 is 0 Å². The van der Waals surface area contributed by atoms with Crippen molar-refractivity contribution < 1.29 is 4.79 Å². The Morgan fingerprint density at radius 1 is 1.58 bits per heavy atom. The third-order valence-electron chi connectivity index (χ3n) is 2.44. The van der Waals surface area contributed by atoms with Crippen molar-refractivity contribution in [3.05, 3.63) is 50.4 Å². The third kappa shape index (κ3) is 3.40. The topological polar surface area (TPSA) is 57.0 Å². The van der Waals surface area contributed by atoms with Gasteiger partial charge in [0, 0.05) is 21.8 Å². The summed E-state index contributed by atoms with van der Waals surface area (Å²) in [7, 11) is 1.72. The van der Waals surface area contributed by atoms with Crippen molar-refractivity contribution in [3.8, 4) is 6.07 Å². The van der Waals surface area contributed by atoms with Crippen molar-refractivity contribution in [2.45, 2.75) is 6.54 Å². The number of hydrogen-bond donors (Lipinski definition) is 0. The quantitative estimate of drug-likeness (QED) is 0.866. The molecule has 0 unspecified atom stereocenters. The molecule has 4 nitrogen and oxygen atoms in total. The number of amides is 1. The lowest BCUT2D eigenvalue weighted by Gasteiger charge is -2.15. The Hall–Kier alpha value is -1.71. The van der Waals surface area contributed by atoms with Gasteiger partial charge in [0.1, 0.15) is 17.5 Å². The minimum Gasteiger partial charge on any atom is -0.335 e. The minimum absolute atomic E-state index is 0.193. The van der Waals surface area contributed by atoms with Gasteiger partial charge in [0.05, 0.1) is 6.54 Å². The van der Waals surface area contributed by atoms with E-state index in [4.69, 9.17) is 5.26 Å². The SMILES string of the molecule is CN(Cc1cc(Br)cs1)C(=O)c1cccc(C#N)n1. The molecule has 0 aromatic carbocycles. The first-order valence-corrected chi connectivity index (χ1v) is 7.13. The third-order valence-corrected chi connectivity index (χ3v) is 4.13. The first kappa shape index (κ1) is 13.7. The van der Waals surface area contributed by atoms with Crippen LogP contribution >= 0.6 is 27.3 Å². The average Bonchev–Trinajstić information content (AvgIpc) is 2.83. The van der Waals surface area contributed by atoms with E-state index in [1.165, 1.54) is 0 Å². The number of aromatic nitrogens is 1. The molecule has 6 heteroatoms. The Kier molecular flexibility index (Phi) is 4.30. The van der Waals surface area contributed by atoms with Crippen molar-refractivity contribution in [3.63, 3.8) is 0 Å². The molecule has 19 heavy (non-hydrogen) atoms. The lowest BCUT2D eigenvalue weighted by atomic mass is 10.3. The number of hydrogen-bond acceptors (Lipinski definition) is 4. The Bertz CT molecular complexity index is 647. The van der Waals surface area contributed by atoms with Crippen LogP contribution in [0.3, 0.4) is 0 Å². The Morgan fingerprint density at radius 3 is 3.00 bits per heavy atom. The molecular weight excluding hydrogens is 326 g/mol. The van der Waals surface area contributed by atoms with Crippen LogP contribution in [0.15, 0.2) is 34.1 Å². The van der Waals surface area contributed by atoms with E-state index < -0.39 is 0 Å². The van der Waals surface area contributed by atoms with Gasteiger partial charge in [-0.15, -0.1) is 11.3 Å². The van der Waals surface area contributed by atoms with Crippen LogP contribution in [0.4, 0.5) is 0 Å². The van der Waals surface area contributed by atoms with Crippen LogP contribution in [-0.2, 0) is 6.54 Å². The summed E-state index contributed by atoms with van der Waals surface area (Å²) < 4.78 is 1.01. The molecule has 1 amide bonds. The standard InChI is InChI=1S/C13H10BrN3OS/c1-17(7-11-5-9(14)8-19-11)13(18)12-4-2-3-10(6-15)16-12/h2-5,8H,7H2,1H3. The second-order valence-corrected chi connectivity index (χ2v) is 5.82. The normalized spacial score (nSPS) is 9.95. The lowest BCUT2D eigenvalue weighted by molar-refractivity contribution is 0.0780. The predicted octanol–water partition coefficient (Wildman–Crippen LogP) is 3.05. The van der Waals surface area contributed by atoms with Gasteiger partial charge >= 0.3 is 0 Å². The summed E-state index contributed by atoms with van der Waals surface area (Å²) in [6, 6.07) is 8.76. The van der Waals surface area contributed by atoms with Crippen LogP contribution in [0, 0.1) is 11.3 Å². The second kappa shape index (κ2) is 5.95. The summed E-state index contributed by atoms with van der Waals surface area (Å²) in [4.78, 5) is 18.8. The van der Waals surface area contributed by atoms with Crippen molar-refractivity contribution in [1.82, 2.24) is 9.88 Å². The monoisotopic (exact) mass is 335 g/mol. The van der Waals surface area contributed by atoms with Crippen LogP contribution in [-0.4, -0.2) is 22.8 Å². The molecule has 2 aromatic rings. The van der Waals surface area contributed by atoms with Crippen molar-refractivity contribution in [2.75, 3.05) is 7.05 Å². The van der Waals surface area contributed by atoms with Crippen LogP contribution in [0.25, 0.3) is 0 Å². The maximum Gasteiger partial charge on any atom is 0.272 e. The number of rotatable bonds is 3. The summed E-state index contributed by atoms with van der Waals surface area (Å²) in [5.41, 5.74) is 0.537. The first-order valence-electron chi connectivity index (χ1n) is 5.45. The van der Waals surface area contributed by atoms with Gasteiger partial charge in [-0.05, 0) is 34.1 Å². The fourth-order valence-electron chi connectivity index (χ4n) is 1.55. The second-order valence-electron chi connectivity index (χ2n) is 3.91. The summed E-state index contributed by atoms with van der Waals surface area (Å²) in [5, 5.41) is 10.8. The Balaban J connectivity index is 2.12. The van der Waals surface area contributed by atoms with E-state index in [-0.39, 0.29) is 17.3 Å². The molecule has 0 atom stereocenters. The highest BCUT2D eigenvalue weighted by Crippen LogP contribution is 2.21. The Morgan fingerprint density at radius 2 is 2.37 bits per heavy atom. The van der Waals surface area contributed by atoms with Crippen molar-refractivity contribution in [1.29, 1.82) is 5.26 Å². The van der Waals surface area contributed by atoms with Crippen molar-refractivity contribution in [2.24, 2.45) is 0 Å². The van der Waals surface area contributed by atoms with Crippen LogP contribution in [0.5, 0.6) is 0 Å². The van der Waals surface area contributed by atoms with Gasteiger partial charge in [0.25, 0.3) is 5.91 Å². The molecule has 0 spiro atoms. The molecule has 2 aromatic heterocycles. The molecule has 0 N–H and O–H groups in total. The summed E-state index contributed by atoms with van der Waals surface area (Å²) in [5.74, 6) is -0.193. The number of halogens is 1. The lowest BCUT2D eigenvalue weighted by Crippen LogP contribution is -2.26. The molecule has 0 bridgehead atoms. The van der Waals surface area contributed by atoms with Gasteiger partial charge < -0.3 is 4.90 Å². The molecule has 2 rings (SSSR count). The summed E-state index contributed by atoms with van der Waals surface area (Å²) >= 11 is 4.97. The largest absolute Gasteiger partial charge is 0.335 e. The van der Waals surface area contributed by atoms with E-state index >= 15 is 0 Å². The van der Waals surface area contributed by atoms with E-state index in [1.807, 2.05) is 17.5 Å². The zero-order valence-corrected chi connectivity index (χ0v) is 12.5. The number of carbonyl (C=O) groups is 1. The summed E-state index contributed by atoms with van der Waals surface area (Å²) in [6.45, 7) is 0.521. The molecule has 2 heterocycles. The van der Waals surface area contributed by atoms with E-state index in [0.29, 0.717) is 6.54 Å². The van der Waals surface area contributed by atoms with Gasteiger partial charge in [0.15, 0.2) is 0 Å². The smallest absolute Gasteiger partial charge is 0.272 e. The Labute approximate surface area is 123 Å². The fourth-order valence-corrected chi connectivity index (χ4v) is 3.06. The molecule has 96 valence electrons. The van der Waals surface area contributed by atoms with Gasteiger partial charge in [-0.25, -0.2) is 4.98 Å². The van der Waals surface area contributed by atoms with E-state index in [0.717, 1.165) is 9.35 Å². The zero-order valence-electron chi connectivity index (χ0n) is 10.1. The van der Waals surface area contributed by atoms with E-state index in [9.17, 15) is 4.79 Å². The molecular formula is C13H10BrN3OS. The number of thiophene rings is 1. The number of nitriles is 1. The molecule has 0 aliphatic carbocycles. The first-order chi connectivity index (χ1) is 9.10. The molecule has 0 saturated carbocycles. The molecule has 0 fully saturated rings. The number of pyridine rings is 1. The minimum atomic E-state index is -0.193. The molecule has 0 saturated heterocycles. The fraction of sp³-hybridized carbons (Fsp3) is 0.154. The van der Waals surface area contributed by atoms with Crippen LogP contribution in [0.2, 0.25) is 0 Å². The predicted molar refractivity (Wildman–Crippen MR) is 76.8 cm³/mol. The van der Waals surface area contributed by atoms with Gasteiger partial charge in [-0.1, -0.05) is 6.07 Å². The maximum atomic E-state index is 12.2. The molecule has 0 aliphatic heterocycles. The van der Waals surface area contributed by atoms with Gasteiger partial charge in [-0.2, -0.15) is 5.26 Å². The molecule has 0 radical (unpaired) electrons. The highest BCUT2D eigenvalue weighted by Gasteiger charge is 2.14. The molecule has 0 aliphatic rings. The van der Waals surface area contributed by atoms with E-state index in [2.05, 4.69) is 20.9 Å².